The summed E-state index contributed by atoms with van der Waals surface area (Å²) in [5.74, 6) is 0.552. The summed E-state index contributed by atoms with van der Waals surface area (Å²) in [5, 5.41) is 0. The van der Waals surface area contributed by atoms with Gasteiger partial charge in [0.15, 0.2) is 0 Å². The third kappa shape index (κ3) is 1.94. The van der Waals surface area contributed by atoms with Gasteiger partial charge in [0.25, 0.3) is 0 Å². The van der Waals surface area contributed by atoms with Crippen LogP contribution in [0, 0.1) is 6.92 Å². The molecular formula is C14H19N3O. The monoisotopic (exact) mass is 245 g/mol. The standard InChI is InChI=1S/C14H19N3O/c1-9-6-11-14(10(2)8-16-11)17(4)12(9)7-13(15-3)18-5/h6-8,12,16H,3H2,1-2,4-5H3/b13-7-. The van der Waals surface area contributed by atoms with Gasteiger partial charge >= 0.3 is 0 Å². The number of aryl methyl sites for hydroxylation is 1. The Hall–Kier alpha value is -1.97. The molecule has 0 bridgehead atoms. The van der Waals surface area contributed by atoms with E-state index in [1.807, 2.05) is 12.3 Å². The van der Waals surface area contributed by atoms with Gasteiger partial charge in [-0.15, -0.1) is 0 Å². The molecule has 4 nitrogen and oxygen atoms in total. The van der Waals surface area contributed by atoms with Crippen molar-refractivity contribution in [1.82, 2.24) is 4.98 Å². The van der Waals surface area contributed by atoms with Gasteiger partial charge in [-0.25, -0.2) is 4.99 Å². The fourth-order valence-corrected chi connectivity index (χ4v) is 2.43. The number of methoxy groups -OCH3 is 1. The fourth-order valence-electron chi connectivity index (χ4n) is 2.43. The molecule has 0 saturated heterocycles. The largest absolute Gasteiger partial charge is 0.481 e. The number of fused-ring (bicyclic) bond motifs is 1. The molecule has 1 N–H and O–H groups in total. The summed E-state index contributed by atoms with van der Waals surface area (Å²) < 4.78 is 5.17. The first-order chi connectivity index (χ1) is 8.58. The molecule has 4 heteroatoms. The number of likely N-dealkylation sites (N-methyl/N-ethyl adjacent to an activating group) is 1. The van der Waals surface area contributed by atoms with Crippen molar-refractivity contribution in [3.8, 4) is 0 Å². The number of aliphatic imine (C=N–C) groups is 1. The van der Waals surface area contributed by atoms with E-state index in [0.717, 1.165) is 5.69 Å². The molecule has 1 aromatic heterocycles. The second kappa shape index (κ2) is 4.72. The van der Waals surface area contributed by atoms with Crippen LogP contribution >= 0.6 is 0 Å². The molecule has 0 radical (unpaired) electrons. The number of aromatic nitrogens is 1. The second-order valence-corrected chi connectivity index (χ2v) is 4.55. The molecule has 2 heterocycles. The molecule has 1 atom stereocenters. The van der Waals surface area contributed by atoms with E-state index in [-0.39, 0.29) is 6.04 Å². The molecule has 0 aliphatic carbocycles. The summed E-state index contributed by atoms with van der Waals surface area (Å²) in [6.07, 6.45) is 6.17. The molecule has 0 fully saturated rings. The van der Waals surface area contributed by atoms with Crippen molar-refractivity contribution < 1.29 is 4.74 Å². The normalized spacial score (nSPS) is 19.3. The maximum absolute atomic E-state index is 5.17. The van der Waals surface area contributed by atoms with Gasteiger partial charge in [-0.05, 0) is 37.8 Å². The van der Waals surface area contributed by atoms with Crippen LogP contribution in [0.2, 0.25) is 0 Å². The van der Waals surface area contributed by atoms with Crippen LogP contribution in [0.4, 0.5) is 5.69 Å². The van der Waals surface area contributed by atoms with Crippen molar-refractivity contribution in [2.24, 2.45) is 4.99 Å². The van der Waals surface area contributed by atoms with Crippen molar-refractivity contribution in [3.05, 3.63) is 35.0 Å². The number of nitrogens with one attached hydrogen (secondary N) is 1. The third-order valence-electron chi connectivity index (χ3n) is 3.35. The Kier molecular flexibility index (Phi) is 3.28. The highest BCUT2D eigenvalue weighted by atomic mass is 16.5. The van der Waals surface area contributed by atoms with Crippen molar-refractivity contribution in [2.45, 2.75) is 19.9 Å². The Balaban J connectivity index is 2.44. The number of anilines is 1. The Morgan fingerprint density at radius 1 is 1.56 bits per heavy atom. The second-order valence-electron chi connectivity index (χ2n) is 4.55. The minimum absolute atomic E-state index is 0.146. The van der Waals surface area contributed by atoms with E-state index in [1.165, 1.54) is 16.8 Å². The van der Waals surface area contributed by atoms with Gasteiger partial charge in [0.2, 0.25) is 5.88 Å². The first kappa shape index (κ1) is 12.5. The van der Waals surface area contributed by atoms with Gasteiger partial charge in [-0.3, -0.25) is 0 Å². The lowest BCUT2D eigenvalue weighted by Crippen LogP contribution is -2.34. The highest BCUT2D eigenvalue weighted by Crippen LogP contribution is 2.34. The van der Waals surface area contributed by atoms with Gasteiger partial charge in [-0.2, -0.15) is 0 Å². The molecule has 0 aromatic carbocycles. The Labute approximate surface area is 108 Å². The summed E-state index contributed by atoms with van der Waals surface area (Å²) in [6.45, 7) is 7.72. The number of rotatable bonds is 3. The molecular weight excluding hydrogens is 226 g/mol. The smallest absolute Gasteiger partial charge is 0.210 e. The number of ether oxygens (including phenoxy) is 1. The Morgan fingerprint density at radius 3 is 2.89 bits per heavy atom. The van der Waals surface area contributed by atoms with Gasteiger partial charge in [0, 0.05) is 19.3 Å². The Bertz CT molecular complexity index is 525. The summed E-state index contributed by atoms with van der Waals surface area (Å²) in [4.78, 5) is 9.37. The summed E-state index contributed by atoms with van der Waals surface area (Å²) in [6, 6.07) is 0.146. The van der Waals surface area contributed by atoms with Crippen molar-refractivity contribution in [1.29, 1.82) is 0 Å². The molecule has 96 valence electrons. The van der Waals surface area contributed by atoms with Crippen LogP contribution in [0.5, 0.6) is 0 Å². The zero-order chi connectivity index (χ0) is 13.3. The molecule has 0 saturated carbocycles. The molecule has 1 aliphatic rings. The number of aromatic amines is 1. The number of hydrogen-bond acceptors (Lipinski definition) is 3. The van der Waals surface area contributed by atoms with Gasteiger partial charge < -0.3 is 14.6 Å². The maximum Gasteiger partial charge on any atom is 0.210 e. The predicted octanol–water partition coefficient (Wildman–Crippen LogP) is 2.73. The van der Waals surface area contributed by atoms with Crippen LogP contribution in [-0.2, 0) is 4.74 Å². The third-order valence-corrected chi connectivity index (χ3v) is 3.35. The van der Waals surface area contributed by atoms with E-state index < -0.39 is 0 Å². The van der Waals surface area contributed by atoms with Crippen LogP contribution in [0.1, 0.15) is 18.2 Å². The lowest BCUT2D eigenvalue weighted by Gasteiger charge is -2.32. The Morgan fingerprint density at radius 2 is 2.28 bits per heavy atom. The van der Waals surface area contributed by atoms with Gasteiger partial charge in [-0.1, -0.05) is 0 Å². The zero-order valence-electron chi connectivity index (χ0n) is 11.3. The minimum Gasteiger partial charge on any atom is -0.481 e. The van der Waals surface area contributed by atoms with E-state index in [2.05, 4.69) is 48.6 Å². The minimum atomic E-state index is 0.146. The molecule has 1 aromatic rings. The first-order valence-corrected chi connectivity index (χ1v) is 5.90. The molecule has 0 spiro atoms. The van der Waals surface area contributed by atoms with E-state index in [0.29, 0.717) is 5.88 Å². The van der Waals surface area contributed by atoms with Crippen molar-refractivity contribution >= 4 is 18.5 Å². The molecule has 1 aliphatic heterocycles. The number of H-pyrrole nitrogens is 1. The molecule has 2 rings (SSSR count). The zero-order valence-corrected chi connectivity index (χ0v) is 11.3. The van der Waals surface area contributed by atoms with Crippen molar-refractivity contribution in [3.63, 3.8) is 0 Å². The molecule has 0 amide bonds. The maximum atomic E-state index is 5.17. The van der Waals surface area contributed by atoms with Crippen LogP contribution in [0.3, 0.4) is 0 Å². The van der Waals surface area contributed by atoms with Gasteiger partial charge in [0.05, 0.1) is 24.5 Å². The number of nitrogens with zero attached hydrogens (tertiary/aromatic N) is 2. The van der Waals surface area contributed by atoms with Crippen LogP contribution in [-0.4, -0.2) is 31.9 Å². The fraction of sp³-hybridized carbons (Fsp3) is 0.357. The SMILES string of the molecule is C=N/C(=C/C1C(C)=Cc2[nH]cc(C)c2N1C)OC. The topological polar surface area (TPSA) is 40.6 Å². The summed E-state index contributed by atoms with van der Waals surface area (Å²) >= 11 is 0. The lowest BCUT2D eigenvalue weighted by molar-refractivity contribution is 0.287. The van der Waals surface area contributed by atoms with E-state index in [4.69, 9.17) is 4.74 Å². The highest BCUT2D eigenvalue weighted by molar-refractivity contribution is 5.75. The quantitative estimate of drug-likeness (QED) is 0.657. The van der Waals surface area contributed by atoms with Crippen LogP contribution in [0.15, 0.2) is 28.7 Å². The predicted molar refractivity (Wildman–Crippen MR) is 76.0 cm³/mol. The van der Waals surface area contributed by atoms with E-state index in [9.17, 15) is 0 Å². The first-order valence-electron chi connectivity index (χ1n) is 5.90. The van der Waals surface area contributed by atoms with Crippen molar-refractivity contribution in [2.75, 3.05) is 19.1 Å². The van der Waals surface area contributed by atoms with E-state index >= 15 is 0 Å². The summed E-state index contributed by atoms with van der Waals surface area (Å²) in [5.41, 5.74) is 4.86. The molecule has 1 unspecified atom stereocenters. The highest BCUT2D eigenvalue weighted by Gasteiger charge is 2.25. The molecule has 18 heavy (non-hydrogen) atoms. The lowest BCUT2D eigenvalue weighted by atomic mass is 9.99. The number of hydrogen-bond donors (Lipinski definition) is 1. The van der Waals surface area contributed by atoms with Crippen LogP contribution < -0.4 is 4.90 Å². The average molecular weight is 245 g/mol. The summed E-state index contributed by atoms with van der Waals surface area (Å²) in [7, 11) is 3.68. The van der Waals surface area contributed by atoms with E-state index in [1.54, 1.807) is 7.11 Å². The average Bonchev–Trinajstić information content (AvgIpc) is 2.71. The van der Waals surface area contributed by atoms with Gasteiger partial charge in [0.1, 0.15) is 0 Å². The van der Waals surface area contributed by atoms with Crippen LogP contribution in [0.25, 0.3) is 6.08 Å².